The Balaban J connectivity index is 1.81. The molecule has 1 atom stereocenters. The number of likely N-dealkylation sites (N-methyl/N-ethyl adjacent to an activating group) is 1. The maximum Gasteiger partial charge on any atom is 0.269 e. The van der Waals surface area contributed by atoms with Gasteiger partial charge in [-0.05, 0) is 54.4 Å². The summed E-state index contributed by atoms with van der Waals surface area (Å²) in [6, 6.07) is 27.8. The van der Waals surface area contributed by atoms with E-state index < -0.39 is 39.3 Å². The van der Waals surface area contributed by atoms with Crippen molar-refractivity contribution in [2.45, 2.75) is 30.8 Å². The van der Waals surface area contributed by atoms with Crippen LogP contribution in [0.15, 0.2) is 114 Å². The Hall–Kier alpha value is -5.23. The highest BCUT2D eigenvalue weighted by molar-refractivity contribution is 7.92. The number of nitrogens with zero attached hydrogens (tertiary/aromatic N) is 3. The highest BCUT2D eigenvalue weighted by Crippen LogP contribution is 2.27. The molecule has 0 saturated carbocycles. The van der Waals surface area contributed by atoms with Crippen LogP contribution < -0.4 is 14.4 Å². The molecule has 4 aromatic rings. The standard InChI is InChI=1S/C33H34N4O7S/c1-3-34-33(39)31(22-25-11-6-4-7-12-25)35(23-26-13-10-14-29(21-26)44-2)32(38)24-36(27-17-19-28(20-18-27)37(40)41)45(42,43)30-15-8-5-9-16-30/h4-21,31H,3,22-24H2,1-2H3,(H,34,39)/t31-/m1/s1. The van der Waals surface area contributed by atoms with E-state index in [1.807, 2.05) is 30.3 Å². The molecule has 2 amide bonds. The molecule has 4 rings (SSSR count). The van der Waals surface area contributed by atoms with E-state index in [-0.39, 0.29) is 29.2 Å². The van der Waals surface area contributed by atoms with Crippen LogP contribution in [-0.4, -0.2) is 56.3 Å². The van der Waals surface area contributed by atoms with Crippen molar-refractivity contribution in [2.24, 2.45) is 0 Å². The summed E-state index contributed by atoms with van der Waals surface area (Å²) in [6.45, 7) is 1.39. The summed E-state index contributed by atoms with van der Waals surface area (Å²) >= 11 is 0. The molecular formula is C33H34N4O7S. The van der Waals surface area contributed by atoms with Gasteiger partial charge in [0.1, 0.15) is 18.3 Å². The zero-order valence-corrected chi connectivity index (χ0v) is 25.7. The predicted molar refractivity (Wildman–Crippen MR) is 170 cm³/mol. The molecule has 0 heterocycles. The number of rotatable bonds is 14. The van der Waals surface area contributed by atoms with Crippen LogP contribution in [0.4, 0.5) is 11.4 Å². The third kappa shape index (κ3) is 8.24. The van der Waals surface area contributed by atoms with Crippen LogP contribution in [-0.2, 0) is 32.6 Å². The number of amides is 2. The fourth-order valence-corrected chi connectivity index (χ4v) is 6.24. The molecule has 11 nitrogen and oxygen atoms in total. The normalized spacial score (nSPS) is 11.7. The zero-order chi connectivity index (χ0) is 32.4. The lowest BCUT2D eigenvalue weighted by atomic mass is 10.0. The SMILES string of the molecule is CCNC(=O)[C@@H](Cc1ccccc1)N(Cc1cccc(OC)c1)C(=O)CN(c1ccc([N+](=O)[O-])cc1)S(=O)(=O)c1ccccc1. The van der Waals surface area contributed by atoms with Crippen molar-refractivity contribution in [3.05, 3.63) is 130 Å². The monoisotopic (exact) mass is 630 g/mol. The molecule has 1 N–H and O–H groups in total. The molecule has 0 fully saturated rings. The van der Waals surface area contributed by atoms with E-state index in [0.29, 0.717) is 17.9 Å². The van der Waals surface area contributed by atoms with Gasteiger partial charge in [0, 0.05) is 31.6 Å². The number of carbonyl (C=O) groups excluding carboxylic acids is 2. The van der Waals surface area contributed by atoms with Crippen LogP contribution in [0.25, 0.3) is 0 Å². The van der Waals surface area contributed by atoms with Gasteiger partial charge in [0.2, 0.25) is 11.8 Å². The summed E-state index contributed by atoms with van der Waals surface area (Å²) in [5.74, 6) is -0.495. The number of sulfonamides is 1. The van der Waals surface area contributed by atoms with Crippen molar-refractivity contribution < 1.29 is 27.7 Å². The number of nitro groups is 1. The van der Waals surface area contributed by atoms with Crippen LogP contribution in [0.3, 0.4) is 0 Å². The first-order chi connectivity index (χ1) is 21.6. The largest absolute Gasteiger partial charge is 0.497 e. The molecule has 0 saturated heterocycles. The van der Waals surface area contributed by atoms with E-state index in [1.165, 1.54) is 48.4 Å². The molecule has 0 aliphatic carbocycles. The Morgan fingerprint density at radius 3 is 2.11 bits per heavy atom. The summed E-state index contributed by atoms with van der Waals surface area (Å²) in [7, 11) is -2.80. The van der Waals surface area contributed by atoms with Gasteiger partial charge in [-0.1, -0.05) is 60.7 Å². The zero-order valence-electron chi connectivity index (χ0n) is 24.9. The van der Waals surface area contributed by atoms with E-state index in [2.05, 4.69) is 5.32 Å². The maximum absolute atomic E-state index is 14.4. The number of hydrogen-bond acceptors (Lipinski definition) is 7. The topological polar surface area (TPSA) is 139 Å². The van der Waals surface area contributed by atoms with E-state index in [0.717, 1.165) is 9.87 Å². The molecule has 45 heavy (non-hydrogen) atoms. The van der Waals surface area contributed by atoms with Crippen LogP contribution >= 0.6 is 0 Å². The number of carbonyl (C=O) groups is 2. The summed E-state index contributed by atoms with van der Waals surface area (Å²) in [4.78, 5) is 39.9. The van der Waals surface area contributed by atoms with Crippen molar-refractivity contribution in [3.63, 3.8) is 0 Å². The van der Waals surface area contributed by atoms with Crippen molar-refractivity contribution in [1.29, 1.82) is 0 Å². The third-order valence-corrected chi connectivity index (χ3v) is 8.86. The third-order valence-electron chi connectivity index (χ3n) is 7.07. The lowest BCUT2D eigenvalue weighted by Gasteiger charge is -2.33. The van der Waals surface area contributed by atoms with Crippen LogP contribution in [0, 0.1) is 10.1 Å². The fourth-order valence-electron chi connectivity index (χ4n) is 4.80. The minimum Gasteiger partial charge on any atom is -0.497 e. The number of methoxy groups -OCH3 is 1. The second-order valence-corrected chi connectivity index (χ2v) is 11.9. The quantitative estimate of drug-likeness (QED) is 0.159. The number of nitro benzene ring substituents is 1. The minimum atomic E-state index is -4.32. The van der Waals surface area contributed by atoms with Gasteiger partial charge in [-0.15, -0.1) is 0 Å². The second kappa shape index (κ2) is 15.0. The first-order valence-corrected chi connectivity index (χ1v) is 15.6. The van der Waals surface area contributed by atoms with Gasteiger partial charge in [-0.25, -0.2) is 8.42 Å². The van der Waals surface area contributed by atoms with E-state index in [1.54, 1.807) is 49.4 Å². The van der Waals surface area contributed by atoms with Crippen molar-refractivity contribution in [2.75, 3.05) is 24.5 Å². The summed E-state index contributed by atoms with van der Waals surface area (Å²) in [5.41, 5.74) is 1.29. The molecule has 234 valence electrons. The first kappa shape index (κ1) is 32.7. The smallest absolute Gasteiger partial charge is 0.269 e. The average Bonchev–Trinajstić information content (AvgIpc) is 3.06. The van der Waals surface area contributed by atoms with Crippen molar-refractivity contribution in [1.82, 2.24) is 10.2 Å². The van der Waals surface area contributed by atoms with Gasteiger partial charge in [0.15, 0.2) is 0 Å². The number of non-ortho nitro benzene ring substituents is 1. The number of ether oxygens (including phenoxy) is 1. The maximum atomic E-state index is 14.4. The molecular weight excluding hydrogens is 596 g/mol. The second-order valence-electron chi connectivity index (χ2n) is 10.1. The van der Waals surface area contributed by atoms with Gasteiger partial charge in [0.25, 0.3) is 15.7 Å². The number of hydrogen-bond donors (Lipinski definition) is 1. The Morgan fingerprint density at radius 2 is 1.51 bits per heavy atom. The Kier molecular flexibility index (Phi) is 10.9. The number of benzene rings is 4. The Labute approximate surface area is 262 Å². The highest BCUT2D eigenvalue weighted by Gasteiger charge is 2.34. The molecule has 0 spiro atoms. The van der Waals surface area contributed by atoms with Crippen molar-refractivity contribution in [3.8, 4) is 5.75 Å². The lowest BCUT2D eigenvalue weighted by molar-refractivity contribution is -0.384. The number of nitrogens with one attached hydrogen (secondary N) is 1. The van der Waals surface area contributed by atoms with Gasteiger partial charge in [-0.3, -0.25) is 24.0 Å². The number of anilines is 1. The molecule has 0 radical (unpaired) electrons. The molecule has 12 heteroatoms. The molecule has 0 aliphatic rings. The highest BCUT2D eigenvalue weighted by atomic mass is 32.2. The van der Waals surface area contributed by atoms with Crippen molar-refractivity contribution >= 4 is 33.2 Å². The van der Waals surface area contributed by atoms with Crippen LogP contribution in [0.1, 0.15) is 18.1 Å². The predicted octanol–water partition coefficient (Wildman–Crippen LogP) is 4.57. The van der Waals surface area contributed by atoms with E-state index in [9.17, 15) is 28.1 Å². The lowest BCUT2D eigenvalue weighted by Crippen LogP contribution is -2.53. The fraction of sp³-hybridized carbons (Fsp3) is 0.212. The first-order valence-electron chi connectivity index (χ1n) is 14.2. The van der Waals surface area contributed by atoms with Gasteiger partial charge >= 0.3 is 0 Å². The molecule has 0 aliphatic heterocycles. The Morgan fingerprint density at radius 1 is 0.889 bits per heavy atom. The van der Waals surface area contributed by atoms with Gasteiger partial charge in [0.05, 0.1) is 22.6 Å². The summed E-state index contributed by atoms with van der Waals surface area (Å²) in [5, 5.41) is 14.1. The van der Waals surface area contributed by atoms with E-state index in [4.69, 9.17) is 4.74 Å². The minimum absolute atomic E-state index is 0.0237. The van der Waals surface area contributed by atoms with E-state index >= 15 is 0 Å². The molecule has 4 aromatic carbocycles. The molecule has 0 unspecified atom stereocenters. The molecule has 0 aromatic heterocycles. The Bertz CT molecular complexity index is 1720. The average molecular weight is 631 g/mol. The van der Waals surface area contributed by atoms with Crippen LogP contribution in [0.2, 0.25) is 0 Å². The molecule has 0 bridgehead atoms. The van der Waals surface area contributed by atoms with Gasteiger partial charge in [-0.2, -0.15) is 0 Å². The van der Waals surface area contributed by atoms with Crippen LogP contribution in [0.5, 0.6) is 5.75 Å². The summed E-state index contributed by atoms with van der Waals surface area (Å²) in [6.07, 6.45) is 0.172. The van der Waals surface area contributed by atoms with Gasteiger partial charge < -0.3 is 15.0 Å². The summed E-state index contributed by atoms with van der Waals surface area (Å²) < 4.78 is 34.2.